The number of nitrogens with two attached hydrogens (primary N) is 1. The van der Waals surface area contributed by atoms with E-state index in [-0.39, 0.29) is 11.8 Å². The molecule has 0 aliphatic rings. The summed E-state index contributed by atoms with van der Waals surface area (Å²) in [5.74, 6) is -1.13. The molecule has 0 saturated heterocycles. The van der Waals surface area contributed by atoms with Crippen LogP contribution in [-0.4, -0.2) is 48.2 Å². The van der Waals surface area contributed by atoms with Crippen molar-refractivity contribution in [1.82, 2.24) is 16.0 Å². The molecule has 0 fully saturated rings. The van der Waals surface area contributed by atoms with Crippen LogP contribution in [0.15, 0.2) is 0 Å². The van der Waals surface area contributed by atoms with E-state index in [1.165, 1.54) is 6.92 Å². The zero-order valence-electron chi connectivity index (χ0n) is 11.4. The fourth-order valence-electron chi connectivity index (χ4n) is 1.39. The molecule has 0 aromatic rings. The van der Waals surface area contributed by atoms with E-state index in [4.69, 9.17) is 10.8 Å². The summed E-state index contributed by atoms with van der Waals surface area (Å²) in [5, 5.41) is 15.8. The van der Waals surface area contributed by atoms with Crippen molar-refractivity contribution in [2.75, 3.05) is 13.1 Å². The second-order valence-electron chi connectivity index (χ2n) is 4.48. The van der Waals surface area contributed by atoms with Crippen molar-refractivity contribution < 1.29 is 19.5 Å². The predicted molar refractivity (Wildman–Crippen MR) is 69.5 cm³/mol. The van der Waals surface area contributed by atoms with Crippen molar-refractivity contribution in [2.24, 2.45) is 11.7 Å². The fourth-order valence-corrected chi connectivity index (χ4v) is 1.39. The first-order chi connectivity index (χ1) is 8.79. The maximum Gasteiger partial charge on any atom is 0.405 e. The lowest BCUT2D eigenvalue weighted by molar-refractivity contribution is -0.130. The SMILES string of the molecule is CC(C)[C@H](NC(=O)O)C(=O)N[C@@H](C)C(=O)NCCN. The van der Waals surface area contributed by atoms with E-state index < -0.39 is 24.1 Å². The van der Waals surface area contributed by atoms with Gasteiger partial charge in [0.15, 0.2) is 0 Å². The van der Waals surface area contributed by atoms with Crippen LogP contribution in [0.3, 0.4) is 0 Å². The van der Waals surface area contributed by atoms with Gasteiger partial charge in [0.2, 0.25) is 11.8 Å². The predicted octanol–water partition coefficient (Wildman–Crippen LogP) is -1.14. The maximum absolute atomic E-state index is 11.9. The topological polar surface area (TPSA) is 134 Å². The van der Waals surface area contributed by atoms with Gasteiger partial charge in [-0.25, -0.2) is 4.79 Å². The molecule has 19 heavy (non-hydrogen) atoms. The summed E-state index contributed by atoms with van der Waals surface area (Å²) in [6.07, 6.45) is -1.28. The summed E-state index contributed by atoms with van der Waals surface area (Å²) >= 11 is 0. The zero-order chi connectivity index (χ0) is 15.0. The molecular formula is C11H22N4O4. The van der Waals surface area contributed by atoms with Crippen LogP contribution >= 0.6 is 0 Å². The Morgan fingerprint density at radius 1 is 1.11 bits per heavy atom. The molecule has 0 aromatic heterocycles. The Labute approximate surface area is 112 Å². The number of hydrogen-bond donors (Lipinski definition) is 5. The Hall–Kier alpha value is -1.83. The van der Waals surface area contributed by atoms with Crippen molar-refractivity contribution in [1.29, 1.82) is 0 Å². The van der Waals surface area contributed by atoms with Crippen LogP contribution in [0.1, 0.15) is 20.8 Å². The van der Waals surface area contributed by atoms with Crippen LogP contribution in [0.4, 0.5) is 4.79 Å². The van der Waals surface area contributed by atoms with Gasteiger partial charge in [0.05, 0.1) is 0 Å². The molecule has 0 rings (SSSR count). The number of carboxylic acid groups (broad SMARTS) is 1. The van der Waals surface area contributed by atoms with E-state index in [2.05, 4.69) is 16.0 Å². The second kappa shape index (κ2) is 8.30. The van der Waals surface area contributed by atoms with E-state index in [9.17, 15) is 14.4 Å². The van der Waals surface area contributed by atoms with Gasteiger partial charge in [0.1, 0.15) is 12.1 Å². The van der Waals surface area contributed by atoms with E-state index in [1.807, 2.05) is 0 Å². The third kappa shape index (κ3) is 6.61. The van der Waals surface area contributed by atoms with Gasteiger partial charge in [-0.1, -0.05) is 13.8 Å². The van der Waals surface area contributed by atoms with Gasteiger partial charge in [-0.05, 0) is 12.8 Å². The van der Waals surface area contributed by atoms with Gasteiger partial charge in [-0.3, -0.25) is 9.59 Å². The van der Waals surface area contributed by atoms with Gasteiger partial charge in [0.25, 0.3) is 0 Å². The fraction of sp³-hybridized carbons (Fsp3) is 0.727. The summed E-state index contributed by atoms with van der Waals surface area (Å²) in [5.41, 5.74) is 5.24. The lowest BCUT2D eigenvalue weighted by atomic mass is 10.0. The summed E-state index contributed by atoms with van der Waals surface area (Å²) in [6, 6.07) is -1.65. The summed E-state index contributed by atoms with van der Waals surface area (Å²) in [4.78, 5) is 34.0. The monoisotopic (exact) mass is 274 g/mol. The third-order valence-corrected chi connectivity index (χ3v) is 2.42. The first-order valence-electron chi connectivity index (χ1n) is 6.07. The van der Waals surface area contributed by atoms with Gasteiger partial charge in [-0.2, -0.15) is 0 Å². The minimum atomic E-state index is -1.28. The minimum Gasteiger partial charge on any atom is -0.465 e. The highest BCUT2D eigenvalue weighted by atomic mass is 16.4. The first kappa shape index (κ1) is 17.2. The molecular weight excluding hydrogens is 252 g/mol. The van der Waals surface area contributed by atoms with Crippen molar-refractivity contribution in [2.45, 2.75) is 32.9 Å². The van der Waals surface area contributed by atoms with Crippen molar-refractivity contribution in [3.05, 3.63) is 0 Å². The summed E-state index contributed by atoms with van der Waals surface area (Å²) in [6.45, 7) is 5.56. The number of nitrogens with one attached hydrogen (secondary N) is 3. The second-order valence-corrected chi connectivity index (χ2v) is 4.48. The molecule has 0 radical (unpaired) electrons. The molecule has 0 aliphatic carbocycles. The lowest BCUT2D eigenvalue weighted by Gasteiger charge is -2.22. The van der Waals surface area contributed by atoms with Crippen LogP contribution in [0, 0.1) is 5.92 Å². The van der Waals surface area contributed by atoms with Crippen molar-refractivity contribution in [3.63, 3.8) is 0 Å². The Morgan fingerprint density at radius 3 is 2.11 bits per heavy atom. The van der Waals surface area contributed by atoms with Crippen LogP contribution < -0.4 is 21.7 Å². The van der Waals surface area contributed by atoms with E-state index in [0.717, 1.165) is 0 Å². The minimum absolute atomic E-state index is 0.226. The van der Waals surface area contributed by atoms with E-state index in [0.29, 0.717) is 13.1 Å². The average Bonchev–Trinajstić information content (AvgIpc) is 2.31. The highest BCUT2D eigenvalue weighted by Gasteiger charge is 2.26. The molecule has 2 atom stereocenters. The molecule has 0 bridgehead atoms. The lowest BCUT2D eigenvalue weighted by Crippen LogP contribution is -2.54. The number of carbonyl (C=O) groups excluding carboxylic acids is 2. The largest absolute Gasteiger partial charge is 0.465 e. The molecule has 8 heteroatoms. The number of rotatable bonds is 7. The molecule has 0 aliphatic heterocycles. The van der Waals surface area contributed by atoms with E-state index in [1.54, 1.807) is 13.8 Å². The molecule has 3 amide bonds. The Bertz CT molecular complexity index is 333. The van der Waals surface area contributed by atoms with Gasteiger partial charge < -0.3 is 26.8 Å². The van der Waals surface area contributed by atoms with Gasteiger partial charge >= 0.3 is 6.09 Å². The van der Waals surface area contributed by atoms with Gasteiger partial charge in [0, 0.05) is 13.1 Å². The summed E-state index contributed by atoms with van der Waals surface area (Å²) in [7, 11) is 0. The molecule has 0 heterocycles. The van der Waals surface area contributed by atoms with E-state index >= 15 is 0 Å². The number of amides is 3. The van der Waals surface area contributed by atoms with Crippen LogP contribution in [0.5, 0.6) is 0 Å². The van der Waals surface area contributed by atoms with Crippen LogP contribution in [-0.2, 0) is 9.59 Å². The van der Waals surface area contributed by atoms with Crippen LogP contribution in [0.2, 0.25) is 0 Å². The Kier molecular flexibility index (Phi) is 7.50. The molecule has 110 valence electrons. The molecule has 0 unspecified atom stereocenters. The molecule has 0 saturated carbocycles. The normalized spacial score (nSPS) is 13.5. The standard InChI is InChI=1S/C11H22N4O4/c1-6(2)8(15-11(18)19)10(17)14-7(3)9(16)13-5-4-12/h6-8,15H,4-5,12H2,1-3H3,(H,13,16)(H,14,17)(H,18,19)/t7-,8-/m0/s1. The smallest absolute Gasteiger partial charge is 0.405 e. The number of hydrogen-bond acceptors (Lipinski definition) is 4. The highest BCUT2D eigenvalue weighted by molar-refractivity contribution is 5.91. The van der Waals surface area contributed by atoms with Crippen molar-refractivity contribution in [3.8, 4) is 0 Å². The Balaban J connectivity index is 4.46. The highest BCUT2D eigenvalue weighted by Crippen LogP contribution is 2.02. The summed E-state index contributed by atoms with van der Waals surface area (Å²) < 4.78 is 0. The Morgan fingerprint density at radius 2 is 1.68 bits per heavy atom. The zero-order valence-corrected chi connectivity index (χ0v) is 11.4. The molecule has 0 aromatic carbocycles. The maximum atomic E-state index is 11.9. The number of carbonyl (C=O) groups is 3. The molecule has 0 spiro atoms. The third-order valence-electron chi connectivity index (χ3n) is 2.42. The van der Waals surface area contributed by atoms with Gasteiger partial charge in [-0.15, -0.1) is 0 Å². The van der Waals surface area contributed by atoms with Crippen molar-refractivity contribution >= 4 is 17.9 Å². The quantitative estimate of drug-likeness (QED) is 0.400. The first-order valence-corrected chi connectivity index (χ1v) is 6.07. The molecule has 6 N–H and O–H groups in total. The average molecular weight is 274 g/mol. The molecule has 8 nitrogen and oxygen atoms in total. The van der Waals surface area contributed by atoms with Crippen LogP contribution in [0.25, 0.3) is 0 Å².